The van der Waals surface area contributed by atoms with Crippen molar-refractivity contribution in [1.29, 1.82) is 0 Å². The fourth-order valence-electron chi connectivity index (χ4n) is 2.25. The predicted octanol–water partition coefficient (Wildman–Crippen LogP) is 1.12. The number of hydrogen-bond donors (Lipinski definition) is 1. The molecular formula is C12H18N2O4S2. The lowest BCUT2D eigenvalue weighted by atomic mass is 9.90. The Labute approximate surface area is 122 Å². The highest BCUT2D eigenvalue weighted by molar-refractivity contribution is 7.89. The molecule has 0 amide bonds. The Bertz CT molecular complexity index is 611. The zero-order valence-corrected chi connectivity index (χ0v) is 13.1. The van der Waals surface area contributed by atoms with Crippen LogP contribution in [-0.2, 0) is 21.2 Å². The van der Waals surface area contributed by atoms with E-state index >= 15 is 0 Å². The van der Waals surface area contributed by atoms with Crippen LogP contribution in [0.3, 0.4) is 0 Å². The number of thiazole rings is 1. The highest BCUT2D eigenvalue weighted by Crippen LogP contribution is 2.32. The molecule has 0 aromatic carbocycles. The van der Waals surface area contributed by atoms with E-state index in [-0.39, 0.29) is 18.8 Å². The van der Waals surface area contributed by atoms with Crippen molar-refractivity contribution >= 4 is 27.3 Å². The largest absolute Gasteiger partial charge is 0.481 e. The lowest BCUT2D eigenvalue weighted by Crippen LogP contribution is -2.36. The van der Waals surface area contributed by atoms with Crippen molar-refractivity contribution in [2.75, 3.05) is 18.8 Å². The fraction of sp³-hybridized carbons (Fsp3) is 0.667. The molecule has 0 saturated carbocycles. The van der Waals surface area contributed by atoms with Crippen LogP contribution in [0.2, 0.25) is 0 Å². The van der Waals surface area contributed by atoms with Crippen LogP contribution >= 0.6 is 11.3 Å². The number of carboxylic acids is 1. The standard InChI is InChI=1S/C12H18N2O4S2/c1-9-10(19-8-13-9)3-6-20(17,18)14-5-4-12(2,7-14)11(15)16/h8H,3-7H2,1-2H3,(H,15,16). The molecule has 2 heterocycles. The molecule has 112 valence electrons. The Morgan fingerprint density at radius 1 is 1.60 bits per heavy atom. The van der Waals surface area contributed by atoms with E-state index in [4.69, 9.17) is 5.11 Å². The number of aromatic nitrogens is 1. The SMILES string of the molecule is Cc1ncsc1CCS(=O)(=O)N1CCC(C)(C(=O)O)C1. The van der Waals surface area contributed by atoms with Gasteiger partial charge in [-0.2, -0.15) is 0 Å². The summed E-state index contributed by atoms with van der Waals surface area (Å²) in [6, 6.07) is 0. The topological polar surface area (TPSA) is 87.6 Å². The average Bonchev–Trinajstić information content (AvgIpc) is 2.95. The second-order valence-electron chi connectivity index (χ2n) is 5.38. The average molecular weight is 318 g/mol. The Balaban J connectivity index is 2.02. The van der Waals surface area contributed by atoms with Gasteiger partial charge >= 0.3 is 5.97 Å². The first kappa shape index (κ1) is 15.4. The summed E-state index contributed by atoms with van der Waals surface area (Å²) in [6.07, 6.45) is 0.792. The first-order valence-corrected chi connectivity index (χ1v) is 8.84. The number of rotatable bonds is 5. The maximum Gasteiger partial charge on any atom is 0.310 e. The zero-order valence-electron chi connectivity index (χ0n) is 11.5. The molecule has 0 bridgehead atoms. The summed E-state index contributed by atoms with van der Waals surface area (Å²) in [6.45, 7) is 3.80. The Kier molecular flexibility index (Phi) is 4.17. The maximum absolute atomic E-state index is 12.3. The molecule has 1 unspecified atom stereocenters. The fourth-order valence-corrected chi connectivity index (χ4v) is 4.73. The van der Waals surface area contributed by atoms with Gasteiger partial charge in [0.05, 0.1) is 22.4 Å². The van der Waals surface area contributed by atoms with E-state index in [1.807, 2.05) is 6.92 Å². The van der Waals surface area contributed by atoms with Crippen LogP contribution in [0.1, 0.15) is 23.9 Å². The van der Waals surface area contributed by atoms with Gasteiger partial charge in [0.1, 0.15) is 0 Å². The van der Waals surface area contributed by atoms with E-state index in [1.165, 1.54) is 15.6 Å². The Morgan fingerprint density at radius 2 is 2.30 bits per heavy atom. The summed E-state index contributed by atoms with van der Waals surface area (Å²) >= 11 is 1.45. The predicted molar refractivity (Wildman–Crippen MR) is 76.3 cm³/mol. The van der Waals surface area contributed by atoms with Crippen LogP contribution in [0.5, 0.6) is 0 Å². The number of sulfonamides is 1. The highest BCUT2D eigenvalue weighted by atomic mass is 32.2. The van der Waals surface area contributed by atoms with Gasteiger partial charge in [-0.15, -0.1) is 11.3 Å². The number of aryl methyl sites for hydroxylation is 2. The summed E-state index contributed by atoms with van der Waals surface area (Å²) in [7, 11) is -3.41. The van der Waals surface area contributed by atoms with Gasteiger partial charge in [0.15, 0.2) is 0 Å². The van der Waals surface area contributed by atoms with Crippen LogP contribution in [0.15, 0.2) is 5.51 Å². The molecular weight excluding hydrogens is 300 g/mol. The first-order chi connectivity index (χ1) is 9.24. The summed E-state index contributed by atoms with van der Waals surface area (Å²) < 4.78 is 25.8. The number of carboxylic acid groups (broad SMARTS) is 1. The minimum absolute atomic E-state index is 0.00569. The normalized spacial score (nSPS) is 24.1. The van der Waals surface area contributed by atoms with Gasteiger partial charge in [0.25, 0.3) is 0 Å². The quantitative estimate of drug-likeness (QED) is 0.879. The van der Waals surface area contributed by atoms with Crippen LogP contribution in [0.4, 0.5) is 0 Å². The lowest BCUT2D eigenvalue weighted by molar-refractivity contribution is -0.146. The van der Waals surface area contributed by atoms with Gasteiger partial charge in [-0.1, -0.05) is 0 Å². The monoisotopic (exact) mass is 318 g/mol. The molecule has 1 fully saturated rings. The van der Waals surface area contributed by atoms with Crippen molar-refractivity contribution in [2.24, 2.45) is 5.41 Å². The molecule has 1 saturated heterocycles. The van der Waals surface area contributed by atoms with Gasteiger partial charge in [-0.3, -0.25) is 4.79 Å². The smallest absolute Gasteiger partial charge is 0.310 e. The van der Waals surface area contributed by atoms with Crippen molar-refractivity contribution < 1.29 is 18.3 Å². The van der Waals surface area contributed by atoms with Gasteiger partial charge in [0.2, 0.25) is 10.0 Å². The molecule has 1 aliphatic rings. The lowest BCUT2D eigenvalue weighted by Gasteiger charge is -2.19. The first-order valence-electron chi connectivity index (χ1n) is 6.35. The molecule has 20 heavy (non-hydrogen) atoms. The van der Waals surface area contributed by atoms with Crippen LogP contribution < -0.4 is 0 Å². The van der Waals surface area contributed by atoms with Crippen molar-refractivity contribution in [3.8, 4) is 0 Å². The van der Waals surface area contributed by atoms with Crippen LogP contribution in [0, 0.1) is 12.3 Å². The minimum Gasteiger partial charge on any atom is -0.481 e. The summed E-state index contributed by atoms with van der Waals surface area (Å²) in [5.74, 6) is -0.931. The summed E-state index contributed by atoms with van der Waals surface area (Å²) in [4.78, 5) is 16.2. The second kappa shape index (κ2) is 5.42. The molecule has 0 radical (unpaired) electrons. The second-order valence-corrected chi connectivity index (χ2v) is 8.40. The summed E-state index contributed by atoms with van der Waals surface area (Å²) in [5.41, 5.74) is 1.60. The van der Waals surface area contributed by atoms with E-state index in [1.54, 1.807) is 12.4 Å². The molecule has 8 heteroatoms. The van der Waals surface area contributed by atoms with Crippen molar-refractivity contribution in [3.05, 3.63) is 16.1 Å². The van der Waals surface area contributed by atoms with Crippen molar-refractivity contribution in [1.82, 2.24) is 9.29 Å². The van der Waals surface area contributed by atoms with Crippen molar-refractivity contribution in [2.45, 2.75) is 26.7 Å². The molecule has 0 aliphatic carbocycles. The van der Waals surface area contributed by atoms with Gasteiger partial charge in [-0.05, 0) is 26.7 Å². The molecule has 1 atom stereocenters. The molecule has 2 rings (SSSR count). The van der Waals surface area contributed by atoms with Gasteiger partial charge in [-0.25, -0.2) is 17.7 Å². The van der Waals surface area contributed by atoms with Crippen molar-refractivity contribution in [3.63, 3.8) is 0 Å². The molecule has 1 aliphatic heterocycles. The van der Waals surface area contributed by atoms with E-state index in [0.717, 1.165) is 10.6 Å². The minimum atomic E-state index is -3.41. The molecule has 1 aromatic heterocycles. The Hall–Kier alpha value is -0.990. The van der Waals surface area contributed by atoms with Crippen LogP contribution in [-0.4, -0.2) is 47.6 Å². The number of nitrogens with zero attached hydrogens (tertiary/aromatic N) is 2. The zero-order chi connectivity index (χ0) is 15.0. The maximum atomic E-state index is 12.3. The van der Waals surface area contributed by atoms with E-state index in [2.05, 4.69) is 4.98 Å². The third-order valence-corrected chi connectivity index (χ3v) is 6.59. The Morgan fingerprint density at radius 3 is 2.80 bits per heavy atom. The van der Waals surface area contributed by atoms with E-state index in [0.29, 0.717) is 12.8 Å². The summed E-state index contributed by atoms with van der Waals surface area (Å²) in [5, 5.41) is 9.14. The van der Waals surface area contributed by atoms with Crippen LogP contribution in [0.25, 0.3) is 0 Å². The van der Waals surface area contributed by atoms with E-state index in [9.17, 15) is 13.2 Å². The molecule has 6 nitrogen and oxygen atoms in total. The number of hydrogen-bond acceptors (Lipinski definition) is 5. The van der Waals surface area contributed by atoms with Gasteiger partial charge < -0.3 is 5.11 Å². The van der Waals surface area contributed by atoms with Gasteiger partial charge in [0, 0.05) is 18.0 Å². The molecule has 1 N–H and O–H groups in total. The third kappa shape index (κ3) is 3.02. The number of carbonyl (C=O) groups is 1. The van der Waals surface area contributed by atoms with E-state index < -0.39 is 21.4 Å². The molecule has 0 spiro atoms. The highest BCUT2D eigenvalue weighted by Gasteiger charge is 2.44. The molecule has 1 aromatic rings. The number of aliphatic carboxylic acids is 1. The third-order valence-electron chi connectivity index (χ3n) is 3.78.